The number of piperidine rings is 1. The van der Waals surface area contributed by atoms with Gasteiger partial charge in [-0.05, 0) is 38.0 Å². The van der Waals surface area contributed by atoms with Crippen LogP contribution >= 0.6 is 11.3 Å². The summed E-state index contributed by atoms with van der Waals surface area (Å²) >= 11 is 1.67. The third-order valence-corrected chi connectivity index (χ3v) is 3.83. The fourth-order valence-corrected chi connectivity index (χ4v) is 2.74. The van der Waals surface area contributed by atoms with E-state index in [4.69, 9.17) is 0 Å². The molecule has 0 aliphatic carbocycles. The number of aliphatic hydroxyl groups is 1. The van der Waals surface area contributed by atoms with Gasteiger partial charge in [-0.15, -0.1) is 11.3 Å². The van der Waals surface area contributed by atoms with Gasteiger partial charge in [0, 0.05) is 28.9 Å². The van der Waals surface area contributed by atoms with Crippen molar-refractivity contribution in [1.29, 1.82) is 0 Å². The number of β-amino-alcohol motifs (C(OH)–C–C–N with tert-alkyl or cyclic N) is 1. The van der Waals surface area contributed by atoms with Crippen molar-refractivity contribution in [2.24, 2.45) is 0 Å². The number of likely N-dealkylation sites (tertiary alicyclic amines) is 1. The van der Waals surface area contributed by atoms with Crippen LogP contribution in [0.25, 0.3) is 6.08 Å². The maximum Gasteiger partial charge on any atom is 0.246 e. The van der Waals surface area contributed by atoms with E-state index >= 15 is 0 Å². The van der Waals surface area contributed by atoms with Gasteiger partial charge in [0.1, 0.15) is 0 Å². The van der Waals surface area contributed by atoms with Crippen LogP contribution in [0, 0.1) is 6.92 Å². The molecule has 1 aliphatic rings. The van der Waals surface area contributed by atoms with E-state index in [0.29, 0.717) is 6.54 Å². The topological polar surface area (TPSA) is 40.5 Å². The number of aryl methyl sites for hydroxylation is 1. The summed E-state index contributed by atoms with van der Waals surface area (Å²) in [6, 6.07) is 4.05. The number of rotatable bonds is 2. The highest BCUT2D eigenvalue weighted by molar-refractivity contribution is 7.12. The zero-order chi connectivity index (χ0) is 12.3. The van der Waals surface area contributed by atoms with Gasteiger partial charge in [-0.25, -0.2) is 0 Å². The van der Waals surface area contributed by atoms with Crippen LogP contribution in [0.3, 0.4) is 0 Å². The van der Waals surface area contributed by atoms with Gasteiger partial charge in [0.15, 0.2) is 0 Å². The maximum atomic E-state index is 11.9. The number of hydrogen-bond acceptors (Lipinski definition) is 3. The number of carbonyl (C=O) groups excluding carboxylic acids is 1. The van der Waals surface area contributed by atoms with Crippen molar-refractivity contribution in [2.45, 2.75) is 25.9 Å². The lowest BCUT2D eigenvalue weighted by atomic mass is 10.1. The van der Waals surface area contributed by atoms with Gasteiger partial charge in [-0.1, -0.05) is 0 Å². The second kappa shape index (κ2) is 5.47. The summed E-state index contributed by atoms with van der Waals surface area (Å²) in [7, 11) is 0. The minimum absolute atomic E-state index is 0.00481. The summed E-state index contributed by atoms with van der Waals surface area (Å²) in [5.41, 5.74) is 0. The van der Waals surface area contributed by atoms with Crippen molar-refractivity contribution < 1.29 is 9.90 Å². The predicted octanol–water partition coefficient (Wildman–Crippen LogP) is 2.05. The average Bonchev–Trinajstić information content (AvgIpc) is 2.72. The molecule has 0 unspecified atom stereocenters. The molecule has 4 heteroatoms. The first kappa shape index (κ1) is 12.3. The Morgan fingerprint density at radius 3 is 3.06 bits per heavy atom. The number of hydrogen-bond donors (Lipinski definition) is 1. The van der Waals surface area contributed by atoms with Gasteiger partial charge in [0.25, 0.3) is 0 Å². The summed E-state index contributed by atoms with van der Waals surface area (Å²) in [4.78, 5) is 15.9. The molecule has 1 N–H and O–H groups in total. The van der Waals surface area contributed by atoms with Gasteiger partial charge < -0.3 is 10.0 Å². The quantitative estimate of drug-likeness (QED) is 0.817. The Morgan fingerprint density at radius 1 is 1.59 bits per heavy atom. The molecule has 17 heavy (non-hydrogen) atoms. The molecule has 1 aromatic rings. The number of carbonyl (C=O) groups is 1. The zero-order valence-corrected chi connectivity index (χ0v) is 10.7. The lowest BCUT2D eigenvalue weighted by Crippen LogP contribution is -2.41. The lowest BCUT2D eigenvalue weighted by Gasteiger charge is -2.29. The normalized spacial score (nSPS) is 21.1. The van der Waals surface area contributed by atoms with Crippen molar-refractivity contribution in [1.82, 2.24) is 4.90 Å². The summed E-state index contributed by atoms with van der Waals surface area (Å²) < 4.78 is 0. The summed E-state index contributed by atoms with van der Waals surface area (Å²) in [6.45, 7) is 3.27. The fourth-order valence-electron chi connectivity index (χ4n) is 1.96. The maximum absolute atomic E-state index is 11.9. The second-order valence-electron chi connectivity index (χ2n) is 4.36. The minimum Gasteiger partial charge on any atom is -0.391 e. The van der Waals surface area contributed by atoms with Crippen molar-refractivity contribution in [3.8, 4) is 0 Å². The predicted molar refractivity (Wildman–Crippen MR) is 69.9 cm³/mol. The van der Waals surface area contributed by atoms with Gasteiger partial charge in [0.2, 0.25) is 5.91 Å². The molecule has 92 valence electrons. The Labute approximate surface area is 105 Å². The molecule has 0 bridgehead atoms. The van der Waals surface area contributed by atoms with Crippen LogP contribution in [-0.4, -0.2) is 35.1 Å². The molecule has 0 saturated carbocycles. The van der Waals surface area contributed by atoms with Gasteiger partial charge >= 0.3 is 0 Å². The molecule has 1 fully saturated rings. The number of nitrogens with zero attached hydrogens (tertiary/aromatic N) is 1. The first-order chi connectivity index (χ1) is 8.15. The Hall–Kier alpha value is -1.13. The molecule has 1 atom stereocenters. The molecule has 2 rings (SSSR count). The first-order valence-electron chi connectivity index (χ1n) is 5.86. The van der Waals surface area contributed by atoms with Crippen LogP contribution in [0.5, 0.6) is 0 Å². The van der Waals surface area contributed by atoms with E-state index in [0.717, 1.165) is 24.3 Å². The molecule has 0 radical (unpaired) electrons. The smallest absolute Gasteiger partial charge is 0.246 e. The van der Waals surface area contributed by atoms with Crippen LogP contribution in [0.4, 0.5) is 0 Å². The van der Waals surface area contributed by atoms with Crippen molar-refractivity contribution in [2.75, 3.05) is 13.1 Å². The average molecular weight is 251 g/mol. The molecular formula is C13H17NO2S. The second-order valence-corrected chi connectivity index (χ2v) is 5.68. The van der Waals surface area contributed by atoms with Crippen molar-refractivity contribution >= 4 is 23.3 Å². The molecule has 2 heterocycles. The van der Waals surface area contributed by atoms with Crippen molar-refractivity contribution in [3.05, 3.63) is 28.0 Å². The van der Waals surface area contributed by atoms with Gasteiger partial charge in [-0.3, -0.25) is 4.79 Å². The molecule has 1 aliphatic heterocycles. The van der Waals surface area contributed by atoms with Crippen LogP contribution < -0.4 is 0 Å². The molecular weight excluding hydrogens is 234 g/mol. The molecule has 0 spiro atoms. The van der Waals surface area contributed by atoms with Gasteiger partial charge in [0.05, 0.1) is 6.10 Å². The lowest BCUT2D eigenvalue weighted by molar-refractivity contribution is -0.128. The van der Waals surface area contributed by atoms with Crippen LogP contribution in [0.2, 0.25) is 0 Å². The first-order valence-corrected chi connectivity index (χ1v) is 6.68. The number of aliphatic hydroxyl groups excluding tert-OH is 1. The van der Waals surface area contributed by atoms with E-state index < -0.39 is 0 Å². The Balaban J connectivity index is 1.94. The summed E-state index contributed by atoms with van der Waals surface area (Å²) in [5, 5.41) is 9.50. The SMILES string of the molecule is Cc1ccc(/C=C/C(=O)N2CCC[C@H](O)C2)s1. The van der Waals surface area contributed by atoms with Crippen LogP contribution in [-0.2, 0) is 4.79 Å². The standard InChI is InChI=1S/C13H17NO2S/c1-10-4-5-12(17-10)6-7-13(16)14-8-2-3-11(15)9-14/h4-7,11,15H,2-3,8-9H2,1H3/b7-6+/t11-/m0/s1. The number of thiophene rings is 1. The Morgan fingerprint density at radius 2 is 2.41 bits per heavy atom. The Bertz CT molecular complexity index is 425. The van der Waals surface area contributed by atoms with Gasteiger partial charge in [-0.2, -0.15) is 0 Å². The van der Waals surface area contributed by atoms with Crippen LogP contribution in [0.1, 0.15) is 22.6 Å². The van der Waals surface area contributed by atoms with E-state index in [2.05, 4.69) is 0 Å². The van der Waals surface area contributed by atoms with E-state index in [9.17, 15) is 9.90 Å². The van der Waals surface area contributed by atoms with E-state index in [1.807, 2.05) is 25.1 Å². The Kier molecular flexibility index (Phi) is 3.97. The molecule has 1 amide bonds. The molecule has 0 aromatic carbocycles. The zero-order valence-electron chi connectivity index (χ0n) is 9.93. The third-order valence-electron chi connectivity index (χ3n) is 2.86. The summed E-state index contributed by atoms with van der Waals surface area (Å²) in [6.07, 6.45) is 4.78. The minimum atomic E-state index is -0.356. The summed E-state index contributed by atoms with van der Waals surface area (Å²) in [5.74, 6) is -0.00481. The highest BCUT2D eigenvalue weighted by Gasteiger charge is 2.20. The highest BCUT2D eigenvalue weighted by Crippen LogP contribution is 2.17. The molecule has 1 aromatic heterocycles. The molecule has 3 nitrogen and oxygen atoms in total. The monoisotopic (exact) mass is 251 g/mol. The third kappa shape index (κ3) is 3.41. The highest BCUT2D eigenvalue weighted by atomic mass is 32.1. The molecule has 1 saturated heterocycles. The fraction of sp³-hybridized carbons (Fsp3) is 0.462. The van der Waals surface area contributed by atoms with E-state index in [-0.39, 0.29) is 12.0 Å². The largest absolute Gasteiger partial charge is 0.391 e. The number of amides is 1. The van der Waals surface area contributed by atoms with E-state index in [1.54, 1.807) is 22.3 Å². The van der Waals surface area contributed by atoms with Crippen molar-refractivity contribution in [3.63, 3.8) is 0 Å². The van der Waals surface area contributed by atoms with E-state index in [1.165, 1.54) is 4.88 Å². The van der Waals surface area contributed by atoms with Crippen LogP contribution in [0.15, 0.2) is 18.2 Å².